The molecule has 0 bridgehead atoms. The van der Waals surface area contributed by atoms with Gasteiger partial charge in [0.05, 0.1) is 16.8 Å². The van der Waals surface area contributed by atoms with Crippen LogP contribution in [0.15, 0.2) is 54.6 Å². The van der Waals surface area contributed by atoms with Gasteiger partial charge >= 0.3 is 0 Å². The number of aromatic nitrogens is 1. The normalized spacial score (nSPS) is 16.4. The lowest BCUT2D eigenvalue weighted by Gasteiger charge is -2.26. The average molecular weight is 421 g/mol. The molecule has 1 aliphatic rings. The number of pyridine rings is 1. The lowest BCUT2D eigenvalue weighted by molar-refractivity contribution is 0.0737. The molecule has 1 aliphatic heterocycles. The number of fused-ring (bicyclic) bond motifs is 1. The number of halogens is 1. The number of amides is 1. The number of para-hydroxylation sites is 1. The summed E-state index contributed by atoms with van der Waals surface area (Å²) in [6.45, 7) is 3.43. The summed E-state index contributed by atoms with van der Waals surface area (Å²) in [6.07, 6.45) is 2.02. The van der Waals surface area contributed by atoms with Gasteiger partial charge in [0.2, 0.25) is 0 Å². The number of benzene rings is 2. The molecule has 1 fully saturated rings. The number of carbonyl (C=O) groups excluding carboxylic acids is 1. The third-order valence-corrected chi connectivity index (χ3v) is 5.84. The van der Waals surface area contributed by atoms with Crippen LogP contribution >= 0.6 is 0 Å². The second kappa shape index (κ2) is 9.54. The molecule has 3 aromatic rings. The monoisotopic (exact) mass is 420 g/mol. The van der Waals surface area contributed by atoms with Gasteiger partial charge in [-0.3, -0.25) is 4.79 Å². The van der Waals surface area contributed by atoms with Gasteiger partial charge in [-0.25, -0.2) is 9.37 Å². The van der Waals surface area contributed by atoms with E-state index >= 15 is 0 Å². The van der Waals surface area contributed by atoms with Gasteiger partial charge in [0.1, 0.15) is 5.82 Å². The molecule has 1 atom stereocenters. The summed E-state index contributed by atoms with van der Waals surface area (Å²) < 4.78 is 13.4. The van der Waals surface area contributed by atoms with Crippen molar-refractivity contribution in [2.24, 2.45) is 0 Å². The van der Waals surface area contributed by atoms with E-state index in [-0.39, 0.29) is 17.8 Å². The maximum Gasteiger partial charge on any atom is 0.254 e. The van der Waals surface area contributed by atoms with Gasteiger partial charge in [-0.15, -0.1) is 0 Å². The van der Waals surface area contributed by atoms with Crippen LogP contribution < -0.4 is 5.32 Å². The number of hydrogen-bond donors (Lipinski definition) is 1. The summed E-state index contributed by atoms with van der Waals surface area (Å²) in [7, 11) is 4.11. The van der Waals surface area contributed by atoms with Crippen LogP contribution in [0.2, 0.25) is 0 Å². The molecule has 1 aromatic heterocycles. The van der Waals surface area contributed by atoms with Gasteiger partial charge < -0.3 is 15.1 Å². The molecule has 0 aliphatic carbocycles. The number of likely N-dealkylation sites (N-methyl/N-ethyl adjacent to an activating group) is 1. The van der Waals surface area contributed by atoms with E-state index in [1.807, 2.05) is 35.2 Å². The second-order valence-electron chi connectivity index (χ2n) is 8.38. The largest absolute Gasteiger partial charge is 0.334 e. The predicted molar refractivity (Wildman–Crippen MR) is 123 cm³/mol. The Morgan fingerprint density at radius 1 is 1.19 bits per heavy atom. The van der Waals surface area contributed by atoms with Crippen LogP contribution in [-0.2, 0) is 0 Å². The maximum absolute atomic E-state index is 13.7. The first kappa shape index (κ1) is 21.4. The molecule has 2 heterocycles. The van der Waals surface area contributed by atoms with Crippen LogP contribution in [0.1, 0.15) is 23.2 Å². The zero-order valence-electron chi connectivity index (χ0n) is 18.1. The van der Waals surface area contributed by atoms with E-state index in [1.54, 1.807) is 12.1 Å². The quantitative estimate of drug-likeness (QED) is 0.591. The zero-order valence-corrected chi connectivity index (χ0v) is 18.1. The van der Waals surface area contributed by atoms with Crippen molar-refractivity contribution in [3.05, 3.63) is 66.0 Å². The topological polar surface area (TPSA) is 48.5 Å². The maximum atomic E-state index is 13.7. The van der Waals surface area contributed by atoms with Crippen LogP contribution in [0.25, 0.3) is 22.2 Å². The van der Waals surface area contributed by atoms with E-state index < -0.39 is 0 Å². The highest BCUT2D eigenvalue weighted by molar-refractivity contribution is 6.07. The van der Waals surface area contributed by atoms with Crippen LogP contribution in [-0.4, -0.2) is 67.0 Å². The molecule has 0 saturated carbocycles. The Hall–Kier alpha value is -2.83. The Balaban J connectivity index is 1.63. The van der Waals surface area contributed by atoms with Crippen LogP contribution in [0.3, 0.4) is 0 Å². The Kier molecular flexibility index (Phi) is 6.59. The minimum absolute atomic E-state index is 0.0406. The van der Waals surface area contributed by atoms with Crippen molar-refractivity contribution in [3.63, 3.8) is 0 Å². The molecule has 1 saturated heterocycles. The van der Waals surface area contributed by atoms with E-state index in [0.717, 1.165) is 55.5 Å². The third kappa shape index (κ3) is 4.92. The summed E-state index contributed by atoms with van der Waals surface area (Å²) >= 11 is 0. The van der Waals surface area contributed by atoms with Crippen molar-refractivity contribution in [2.45, 2.75) is 18.9 Å². The van der Waals surface area contributed by atoms with E-state index in [9.17, 15) is 9.18 Å². The summed E-state index contributed by atoms with van der Waals surface area (Å²) in [4.78, 5) is 22.5. The first-order valence-corrected chi connectivity index (χ1v) is 10.8. The Bertz CT molecular complexity index is 1050. The minimum atomic E-state index is -0.289. The second-order valence-corrected chi connectivity index (χ2v) is 8.38. The zero-order chi connectivity index (χ0) is 21.8. The molecule has 2 aromatic carbocycles. The van der Waals surface area contributed by atoms with Crippen molar-refractivity contribution in [2.75, 3.05) is 40.3 Å². The Morgan fingerprint density at radius 3 is 2.74 bits per heavy atom. The molecule has 1 amide bonds. The molecule has 6 heteroatoms. The summed E-state index contributed by atoms with van der Waals surface area (Å²) in [5.74, 6) is -0.249. The van der Waals surface area contributed by atoms with Crippen LogP contribution in [0, 0.1) is 5.82 Å². The molecule has 0 spiro atoms. The molecule has 0 radical (unpaired) electrons. The van der Waals surface area contributed by atoms with Gasteiger partial charge in [0, 0.05) is 43.2 Å². The molecule has 31 heavy (non-hydrogen) atoms. The highest BCUT2D eigenvalue weighted by Crippen LogP contribution is 2.28. The summed E-state index contributed by atoms with van der Waals surface area (Å²) in [6, 6.07) is 16.0. The third-order valence-electron chi connectivity index (χ3n) is 5.84. The predicted octanol–water partition coefficient (Wildman–Crippen LogP) is 3.80. The van der Waals surface area contributed by atoms with Crippen molar-refractivity contribution in [3.8, 4) is 11.3 Å². The molecular weight excluding hydrogens is 391 g/mol. The number of carbonyl (C=O) groups is 1. The highest BCUT2D eigenvalue weighted by Gasteiger charge is 2.30. The Labute approximate surface area is 182 Å². The van der Waals surface area contributed by atoms with Crippen LogP contribution in [0.4, 0.5) is 4.39 Å². The Morgan fingerprint density at radius 2 is 1.97 bits per heavy atom. The first-order chi connectivity index (χ1) is 15.0. The molecule has 0 unspecified atom stereocenters. The highest BCUT2D eigenvalue weighted by atomic mass is 19.1. The fourth-order valence-electron chi connectivity index (χ4n) is 4.16. The van der Waals surface area contributed by atoms with E-state index in [1.165, 1.54) is 12.1 Å². The molecular formula is C25H29FN4O. The minimum Gasteiger partial charge on any atom is -0.334 e. The average Bonchev–Trinajstić information content (AvgIpc) is 3.24. The lowest BCUT2D eigenvalue weighted by atomic mass is 10.0. The SMILES string of the molecule is CN(C)CCNC[C@H]1CCCN1C(=O)c1cc(-c2ccc(F)cc2)nc2ccccc12. The molecule has 162 valence electrons. The summed E-state index contributed by atoms with van der Waals surface area (Å²) in [5, 5.41) is 4.34. The van der Waals surface area contributed by atoms with Crippen molar-refractivity contribution in [1.82, 2.24) is 20.1 Å². The smallest absolute Gasteiger partial charge is 0.254 e. The molecule has 1 N–H and O–H groups in total. The molecule has 5 nitrogen and oxygen atoms in total. The van der Waals surface area contributed by atoms with Gasteiger partial charge in [0.15, 0.2) is 0 Å². The van der Waals surface area contributed by atoms with E-state index in [0.29, 0.717) is 11.3 Å². The fourth-order valence-corrected chi connectivity index (χ4v) is 4.16. The van der Waals surface area contributed by atoms with Crippen LogP contribution in [0.5, 0.6) is 0 Å². The number of hydrogen-bond acceptors (Lipinski definition) is 4. The van der Waals surface area contributed by atoms with E-state index in [2.05, 4.69) is 24.3 Å². The van der Waals surface area contributed by atoms with Crippen molar-refractivity contribution < 1.29 is 9.18 Å². The van der Waals surface area contributed by atoms with E-state index in [4.69, 9.17) is 4.98 Å². The number of nitrogens with one attached hydrogen (secondary N) is 1. The number of rotatable bonds is 7. The van der Waals surface area contributed by atoms with Crippen molar-refractivity contribution in [1.29, 1.82) is 0 Å². The van der Waals surface area contributed by atoms with Crippen molar-refractivity contribution >= 4 is 16.8 Å². The standard InChI is InChI=1S/C25H29FN4O/c1-29(2)15-13-27-17-20-6-5-14-30(20)25(31)22-16-24(18-9-11-19(26)12-10-18)28-23-8-4-3-7-21(22)23/h3-4,7-12,16,20,27H,5-6,13-15,17H2,1-2H3/t20-/m1/s1. The number of likely N-dealkylation sites (tertiary alicyclic amines) is 1. The van der Waals surface area contributed by atoms with Gasteiger partial charge in [0.25, 0.3) is 5.91 Å². The van der Waals surface area contributed by atoms with Gasteiger partial charge in [-0.2, -0.15) is 0 Å². The number of nitrogens with zero attached hydrogens (tertiary/aromatic N) is 3. The first-order valence-electron chi connectivity index (χ1n) is 10.8. The molecule has 4 rings (SSSR count). The fraction of sp³-hybridized carbons (Fsp3) is 0.360. The summed E-state index contributed by atoms with van der Waals surface area (Å²) in [5.41, 5.74) is 2.91. The lowest BCUT2D eigenvalue weighted by Crippen LogP contribution is -2.43. The van der Waals surface area contributed by atoms with Gasteiger partial charge in [-0.05, 0) is 63.3 Å². The van der Waals surface area contributed by atoms with Gasteiger partial charge in [-0.1, -0.05) is 18.2 Å².